The van der Waals surface area contributed by atoms with Crippen LogP contribution in [0.5, 0.6) is 5.75 Å². The Morgan fingerprint density at radius 3 is 2.34 bits per heavy atom. The second-order valence-electron chi connectivity index (χ2n) is 12.8. The molecule has 13 nitrogen and oxygen atoms in total. The molecule has 3 heterocycles. The first kappa shape index (κ1) is 31.9. The molecule has 5 rings (SSSR count). The van der Waals surface area contributed by atoms with E-state index in [4.69, 9.17) is 9.47 Å². The van der Waals surface area contributed by atoms with Gasteiger partial charge in [0.25, 0.3) is 23.4 Å². The third kappa shape index (κ3) is 5.48. The molecule has 2 aromatic rings. The van der Waals surface area contributed by atoms with Crippen molar-refractivity contribution in [1.29, 1.82) is 0 Å². The highest BCUT2D eigenvalue weighted by molar-refractivity contribution is 6.02. The van der Waals surface area contributed by atoms with Crippen LogP contribution in [-0.2, 0) is 28.6 Å². The molecule has 238 valence electrons. The van der Waals surface area contributed by atoms with Crippen molar-refractivity contribution in [1.82, 2.24) is 15.1 Å². The highest BCUT2D eigenvalue weighted by Gasteiger charge is 2.64. The molecule has 0 bridgehead atoms. The topological polar surface area (TPSA) is 192 Å². The van der Waals surface area contributed by atoms with Gasteiger partial charge in [-0.2, -0.15) is 0 Å². The third-order valence-corrected chi connectivity index (χ3v) is 7.90. The van der Waals surface area contributed by atoms with E-state index in [-0.39, 0.29) is 16.9 Å². The second kappa shape index (κ2) is 10.3. The van der Waals surface area contributed by atoms with Crippen molar-refractivity contribution < 1.29 is 54.1 Å². The number of halogens is 1. The molecule has 14 heteroatoms. The fourth-order valence-corrected chi connectivity index (χ4v) is 6.33. The van der Waals surface area contributed by atoms with Crippen LogP contribution in [0.4, 0.5) is 4.39 Å². The molecule has 2 fully saturated rings. The van der Waals surface area contributed by atoms with E-state index in [1.807, 2.05) is 33.0 Å². The number of hydrogen-bond donors (Lipinski definition) is 7. The number of piperidine rings is 1. The number of morpholine rings is 1. The molecule has 1 unspecified atom stereocenters. The van der Waals surface area contributed by atoms with E-state index in [1.165, 1.54) is 30.3 Å². The molecule has 2 aromatic carbocycles. The summed E-state index contributed by atoms with van der Waals surface area (Å²) in [5.41, 5.74) is -1.85. The lowest BCUT2D eigenvalue weighted by atomic mass is 9.89. The number of rotatable bonds is 6. The van der Waals surface area contributed by atoms with Gasteiger partial charge in [-0.25, -0.2) is 4.39 Å². The largest absolute Gasteiger partial charge is 0.435 e. The van der Waals surface area contributed by atoms with Crippen molar-refractivity contribution in [2.75, 3.05) is 13.1 Å². The number of benzene rings is 2. The van der Waals surface area contributed by atoms with Crippen LogP contribution < -0.4 is 10.1 Å². The lowest BCUT2D eigenvalue weighted by Gasteiger charge is -2.47. The van der Waals surface area contributed by atoms with Crippen molar-refractivity contribution >= 4 is 11.8 Å². The zero-order valence-electron chi connectivity index (χ0n) is 24.7. The second-order valence-corrected chi connectivity index (χ2v) is 12.8. The monoisotopic (exact) mass is 617 g/mol. The van der Waals surface area contributed by atoms with Crippen LogP contribution >= 0.6 is 0 Å². The average Bonchev–Trinajstić information content (AvgIpc) is 3.19. The van der Waals surface area contributed by atoms with Gasteiger partial charge in [0.2, 0.25) is 0 Å². The molecule has 0 radical (unpaired) electrons. The number of hydrogen-bond acceptors (Lipinski definition) is 11. The third-order valence-electron chi connectivity index (χ3n) is 7.90. The molecule has 0 aliphatic carbocycles. The van der Waals surface area contributed by atoms with E-state index in [9.17, 15) is 40.2 Å². The summed E-state index contributed by atoms with van der Waals surface area (Å²) in [7, 11) is 0. The van der Waals surface area contributed by atoms with Crippen LogP contribution in [0.25, 0.3) is 0 Å². The zero-order chi connectivity index (χ0) is 32.6. The van der Waals surface area contributed by atoms with E-state index in [2.05, 4.69) is 11.5 Å². The Labute approximate surface area is 252 Å². The van der Waals surface area contributed by atoms with Crippen LogP contribution in [0, 0.1) is 5.82 Å². The first-order valence-electron chi connectivity index (χ1n) is 13.8. The van der Waals surface area contributed by atoms with Gasteiger partial charge >= 0.3 is 5.97 Å². The maximum atomic E-state index is 15.0. The average molecular weight is 618 g/mol. The minimum atomic E-state index is -3.57. The highest BCUT2D eigenvalue weighted by atomic mass is 19.1. The number of nitrogens with zero attached hydrogens (tertiary/aromatic N) is 2. The lowest BCUT2D eigenvalue weighted by Crippen LogP contribution is -2.75. The van der Waals surface area contributed by atoms with Crippen LogP contribution in [0.15, 0.2) is 48.7 Å². The zero-order valence-corrected chi connectivity index (χ0v) is 24.7. The van der Waals surface area contributed by atoms with Gasteiger partial charge in [0.15, 0.2) is 6.04 Å². The molecular weight excluding hydrogens is 581 g/mol. The predicted molar refractivity (Wildman–Crippen MR) is 149 cm³/mol. The normalized spacial score (nSPS) is 24.2. The number of ether oxygens (including phenoxy) is 2. The molecule has 2 amide bonds. The summed E-state index contributed by atoms with van der Waals surface area (Å²) in [6, 6.07) is 5.56. The summed E-state index contributed by atoms with van der Waals surface area (Å²) in [4.78, 5) is 28.7. The van der Waals surface area contributed by atoms with E-state index >= 15 is 4.39 Å². The van der Waals surface area contributed by atoms with E-state index in [1.54, 1.807) is 0 Å². The highest BCUT2D eigenvalue weighted by Crippen LogP contribution is 2.40. The fraction of sp³-hybridized carbons (Fsp3) is 0.467. The van der Waals surface area contributed by atoms with Crippen LogP contribution in [-0.4, -0.2) is 94.2 Å². The Kier molecular flexibility index (Phi) is 7.47. The molecule has 0 saturated carbocycles. The molecular formula is C30H36FN3O10. The first-order chi connectivity index (χ1) is 20.2. The number of nitrogens with one attached hydrogen (secondary N) is 1. The van der Waals surface area contributed by atoms with Gasteiger partial charge in [-0.15, -0.1) is 0 Å². The summed E-state index contributed by atoms with van der Waals surface area (Å²) in [5, 5.41) is 65.6. The molecule has 2 saturated heterocycles. The fourth-order valence-electron chi connectivity index (χ4n) is 6.33. The van der Waals surface area contributed by atoms with Gasteiger partial charge in [0.1, 0.15) is 11.6 Å². The van der Waals surface area contributed by atoms with Gasteiger partial charge in [-0.1, -0.05) is 18.7 Å². The maximum Gasteiger partial charge on any atom is 0.354 e. The van der Waals surface area contributed by atoms with Crippen LogP contribution in [0.3, 0.4) is 0 Å². The molecule has 1 atom stereocenters. The van der Waals surface area contributed by atoms with Crippen molar-refractivity contribution in [2.45, 2.75) is 75.6 Å². The Hall–Kier alpha value is -3.47. The Bertz CT molecular complexity index is 1520. The summed E-state index contributed by atoms with van der Waals surface area (Å²) in [5.74, 6) is -13.6. The number of carbonyl (C=O) groups excluding carboxylic acids is 2. The van der Waals surface area contributed by atoms with Gasteiger partial charge in [-0.3, -0.25) is 14.5 Å². The minimum Gasteiger partial charge on any atom is -0.435 e. The van der Waals surface area contributed by atoms with Crippen molar-refractivity contribution in [2.24, 2.45) is 0 Å². The standard InChI is InChI=1S/C30H36FN3O10/c1-16-28(37,38)29(39,40)23(24(35)32-16)34-13-19-18(25(34)36)7-6-8-22(19)43-30(41,42)20-11-17(9-10-21(20)31)12-33-14-26(2,3)44-27(4,5)15-33/h6-11,23,37-42H,1,12-15H2,2-5H3,(H,32,35). The van der Waals surface area contributed by atoms with Gasteiger partial charge in [0, 0.05) is 30.8 Å². The Morgan fingerprint density at radius 2 is 1.70 bits per heavy atom. The maximum absolute atomic E-state index is 15.0. The lowest BCUT2D eigenvalue weighted by molar-refractivity contribution is -0.358. The van der Waals surface area contributed by atoms with Crippen molar-refractivity contribution in [3.05, 3.63) is 76.7 Å². The number of amides is 2. The van der Waals surface area contributed by atoms with E-state index < -0.39 is 70.2 Å². The molecule has 7 N–H and O–H groups in total. The first-order valence-corrected chi connectivity index (χ1v) is 13.8. The van der Waals surface area contributed by atoms with Crippen molar-refractivity contribution in [3.63, 3.8) is 0 Å². The Balaban J connectivity index is 1.41. The summed E-state index contributed by atoms with van der Waals surface area (Å²) in [6.07, 6.45) is 0. The summed E-state index contributed by atoms with van der Waals surface area (Å²) >= 11 is 0. The number of fused-ring (bicyclic) bond motifs is 1. The SMILES string of the molecule is C=C1NC(=O)C(N2Cc3c(OC(O)(O)c4cc(CN5CC(C)(C)OC(C)(C)C5)ccc4F)cccc3C2=O)C(O)(O)C1(O)O. The smallest absolute Gasteiger partial charge is 0.354 e. The van der Waals surface area contributed by atoms with E-state index in [0.29, 0.717) is 30.1 Å². The van der Waals surface area contributed by atoms with Gasteiger partial charge in [0.05, 0.1) is 29.0 Å². The van der Waals surface area contributed by atoms with Crippen molar-refractivity contribution in [3.8, 4) is 5.75 Å². The molecule has 0 aromatic heterocycles. The van der Waals surface area contributed by atoms with E-state index in [0.717, 1.165) is 6.07 Å². The molecule has 0 spiro atoms. The van der Waals surface area contributed by atoms with Crippen LogP contribution in [0.1, 0.15) is 54.7 Å². The minimum absolute atomic E-state index is 0.00574. The quantitative estimate of drug-likeness (QED) is 0.211. The molecule has 3 aliphatic heterocycles. The summed E-state index contributed by atoms with van der Waals surface area (Å²) < 4.78 is 26.6. The van der Waals surface area contributed by atoms with Crippen LogP contribution in [0.2, 0.25) is 0 Å². The number of aliphatic hydroxyl groups is 6. The summed E-state index contributed by atoms with van der Waals surface area (Å²) in [6.45, 7) is 12.0. The van der Waals surface area contributed by atoms with Gasteiger partial charge < -0.3 is 50.3 Å². The Morgan fingerprint density at radius 1 is 1.07 bits per heavy atom. The predicted octanol–water partition coefficient (Wildman–Crippen LogP) is -0.281. The van der Waals surface area contributed by atoms with Gasteiger partial charge in [-0.05, 0) is 57.5 Å². The molecule has 3 aliphatic rings. The molecule has 44 heavy (non-hydrogen) atoms. The number of carbonyl (C=O) groups is 2.